The Labute approximate surface area is 218 Å². The second-order valence-corrected chi connectivity index (χ2v) is 10.4. The molecule has 2 aromatic carbocycles. The smallest absolute Gasteiger partial charge is 0.212 e. The molecule has 4 aromatic rings. The fourth-order valence-electron chi connectivity index (χ4n) is 6.14. The van der Waals surface area contributed by atoms with Gasteiger partial charge in [0, 0.05) is 49.0 Å². The minimum atomic E-state index is -0.216. The van der Waals surface area contributed by atoms with E-state index in [1.54, 1.807) is 7.11 Å². The third-order valence-electron chi connectivity index (χ3n) is 7.97. The zero-order chi connectivity index (χ0) is 25.2. The first-order valence-corrected chi connectivity index (χ1v) is 13.4. The molecule has 4 nitrogen and oxygen atoms in total. The third-order valence-corrected chi connectivity index (χ3v) is 7.97. The highest BCUT2D eigenvalue weighted by atomic mass is 19.1. The highest BCUT2D eigenvalue weighted by Gasteiger charge is 2.26. The molecule has 1 aliphatic carbocycles. The number of nitrogens with zero attached hydrogens (tertiary/aromatic N) is 2. The number of fused-ring (bicyclic) bond motifs is 3. The molecular formula is C32H34FN3O. The number of halogens is 1. The second-order valence-electron chi connectivity index (χ2n) is 10.4. The largest absolute Gasteiger partial charge is 0.481 e. The van der Waals surface area contributed by atoms with Crippen molar-refractivity contribution in [2.24, 2.45) is 5.92 Å². The van der Waals surface area contributed by atoms with Crippen LogP contribution in [0.2, 0.25) is 0 Å². The van der Waals surface area contributed by atoms with E-state index in [0.717, 1.165) is 50.9 Å². The molecule has 2 aromatic heterocycles. The van der Waals surface area contributed by atoms with Gasteiger partial charge in [-0.15, -0.1) is 0 Å². The summed E-state index contributed by atoms with van der Waals surface area (Å²) >= 11 is 0. The maximum Gasteiger partial charge on any atom is 0.212 e. The fourth-order valence-corrected chi connectivity index (χ4v) is 6.14. The van der Waals surface area contributed by atoms with Crippen LogP contribution in [0.15, 0.2) is 67.0 Å². The average molecular weight is 496 g/mol. The number of methoxy groups -OCH3 is 1. The number of aromatic amines is 1. The summed E-state index contributed by atoms with van der Waals surface area (Å²) in [4.78, 5) is 10.3. The van der Waals surface area contributed by atoms with E-state index in [-0.39, 0.29) is 6.67 Å². The maximum atomic E-state index is 12.5. The van der Waals surface area contributed by atoms with Gasteiger partial charge in [0.05, 0.1) is 13.8 Å². The highest BCUT2D eigenvalue weighted by Crippen LogP contribution is 2.42. The molecule has 190 valence electrons. The standard InChI is InChI=1S/C32H34FN3O/c1-37-31-13-10-25(19-35-31)26-4-2-5-27-28-14-16-34-30(28)12-11-29(27)32(26)24-8-6-22(7-9-24)18-23-20-36(21-23)17-3-15-33/h6-14,16,19,23,34H,2-5,15,17-18,20-21H2,1H3. The van der Waals surface area contributed by atoms with Crippen molar-refractivity contribution < 1.29 is 9.13 Å². The predicted octanol–water partition coefficient (Wildman–Crippen LogP) is 6.70. The van der Waals surface area contributed by atoms with Crippen molar-refractivity contribution in [2.45, 2.75) is 32.1 Å². The minimum Gasteiger partial charge on any atom is -0.481 e. The zero-order valence-electron chi connectivity index (χ0n) is 21.5. The van der Waals surface area contributed by atoms with Crippen molar-refractivity contribution >= 4 is 22.0 Å². The molecule has 6 rings (SSSR count). The Hall–Kier alpha value is -3.44. The Kier molecular flexibility index (Phi) is 6.79. The van der Waals surface area contributed by atoms with Gasteiger partial charge < -0.3 is 14.6 Å². The Bertz CT molecular complexity index is 1400. The minimum absolute atomic E-state index is 0.216. The van der Waals surface area contributed by atoms with Gasteiger partial charge in [0.1, 0.15) is 0 Å². The second kappa shape index (κ2) is 10.5. The van der Waals surface area contributed by atoms with Crippen molar-refractivity contribution in [1.29, 1.82) is 0 Å². The van der Waals surface area contributed by atoms with Crippen LogP contribution >= 0.6 is 0 Å². The molecule has 37 heavy (non-hydrogen) atoms. The topological polar surface area (TPSA) is 41.1 Å². The van der Waals surface area contributed by atoms with Gasteiger partial charge in [0.25, 0.3) is 0 Å². The predicted molar refractivity (Wildman–Crippen MR) is 149 cm³/mol. The molecule has 1 fully saturated rings. The molecular weight excluding hydrogens is 461 g/mol. The summed E-state index contributed by atoms with van der Waals surface area (Å²) in [6, 6.07) is 20.0. The number of pyridine rings is 1. The Morgan fingerprint density at radius 2 is 1.84 bits per heavy atom. The zero-order valence-corrected chi connectivity index (χ0v) is 21.5. The lowest BCUT2D eigenvalue weighted by Gasteiger charge is -2.39. The number of hydrogen-bond acceptors (Lipinski definition) is 3. The number of hydrogen-bond donors (Lipinski definition) is 1. The molecule has 0 amide bonds. The number of benzene rings is 2. The number of likely N-dealkylation sites (tertiary alicyclic amines) is 1. The van der Waals surface area contributed by atoms with Crippen LogP contribution < -0.4 is 4.74 Å². The lowest BCUT2D eigenvalue weighted by molar-refractivity contribution is 0.0968. The lowest BCUT2D eigenvalue weighted by Crippen LogP contribution is -2.47. The van der Waals surface area contributed by atoms with Crippen LogP contribution in [0.5, 0.6) is 5.88 Å². The van der Waals surface area contributed by atoms with Crippen LogP contribution in [0.1, 0.15) is 47.1 Å². The quantitative estimate of drug-likeness (QED) is 0.296. The molecule has 2 aliphatic rings. The number of allylic oxidation sites excluding steroid dienone is 1. The molecule has 1 saturated heterocycles. The molecule has 3 heterocycles. The normalized spacial score (nSPS) is 16.5. The van der Waals surface area contributed by atoms with E-state index in [2.05, 4.69) is 63.4 Å². The molecule has 0 saturated carbocycles. The van der Waals surface area contributed by atoms with Crippen LogP contribution in [0, 0.1) is 5.92 Å². The number of aromatic nitrogens is 2. The van der Waals surface area contributed by atoms with Crippen LogP contribution in [0.3, 0.4) is 0 Å². The summed E-state index contributed by atoms with van der Waals surface area (Å²) in [6.45, 7) is 2.84. The van der Waals surface area contributed by atoms with Gasteiger partial charge in [-0.1, -0.05) is 30.3 Å². The number of alkyl halides is 1. The molecule has 0 spiro atoms. The van der Waals surface area contributed by atoms with Crippen molar-refractivity contribution in [1.82, 2.24) is 14.9 Å². The van der Waals surface area contributed by atoms with Crippen molar-refractivity contribution in [2.75, 3.05) is 33.4 Å². The molecule has 5 heteroatoms. The number of nitrogens with one attached hydrogen (secondary N) is 1. The SMILES string of the molecule is COc1ccc(C2=C(c3ccc(CC4CN(CCCF)C4)cc3)c3ccc4[nH]ccc4c3CCC2)cn1. The van der Waals surface area contributed by atoms with Gasteiger partial charge in [0.15, 0.2) is 0 Å². The van der Waals surface area contributed by atoms with Crippen molar-refractivity contribution in [3.8, 4) is 5.88 Å². The molecule has 0 atom stereocenters. The number of aryl methyl sites for hydroxylation is 1. The number of H-pyrrole nitrogens is 1. The summed E-state index contributed by atoms with van der Waals surface area (Å²) < 4.78 is 17.8. The van der Waals surface area contributed by atoms with Gasteiger partial charge in [-0.2, -0.15) is 0 Å². The molecule has 1 N–H and O–H groups in total. The van der Waals surface area contributed by atoms with Crippen LogP contribution in [0.4, 0.5) is 4.39 Å². The van der Waals surface area contributed by atoms with Crippen LogP contribution in [-0.4, -0.2) is 48.3 Å². The van der Waals surface area contributed by atoms with E-state index in [0.29, 0.717) is 18.2 Å². The van der Waals surface area contributed by atoms with Gasteiger partial charge in [-0.3, -0.25) is 4.39 Å². The molecule has 1 aliphatic heterocycles. The van der Waals surface area contributed by atoms with Crippen LogP contribution in [-0.2, 0) is 12.8 Å². The van der Waals surface area contributed by atoms with E-state index in [1.165, 1.54) is 44.3 Å². The molecule has 0 radical (unpaired) electrons. The fraction of sp³-hybridized carbons (Fsp3) is 0.344. The molecule has 0 bridgehead atoms. The van der Waals surface area contributed by atoms with Gasteiger partial charge in [-0.25, -0.2) is 4.98 Å². The van der Waals surface area contributed by atoms with Gasteiger partial charge >= 0.3 is 0 Å². The Morgan fingerprint density at radius 3 is 2.59 bits per heavy atom. The first-order chi connectivity index (χ1) is 18.2. The summed E-state index contributed by atoms with van der Waals surface area (Å²) in [7, 11) is 1.66. The lowest BCUT2D eigenvalue weighted by atomic mass is 9.86. The summed E-state index contributed by atoms with van der Waals surface area (Å²) in [5, 5.41) is 1.32. The Morgan fingerprint density at radius 1 is 1.00 bits per heavy atom. The highest BCUT2D eigenvalue weighted by molar-refractivity contribution is 6.02. The van der Waals surface area contributed by atoms with Gasteiger partial charge in [-0.05, 0) is 95.2 Å². The van der Waals surface area contributed by atoms with E-state index in [4.69, 9.17) is 4.74 Å². The Balaban J connectivity index is 1.36. The van der Waals surface area contributed by atoms with E-state index in [9.17, 15) is 4.39 Å². The summed E-state index contributed by atoms with van der Waals surface area (Å²) in [5.41, 5.74) is 10.4. The average Bonchev–Trinajstić information content (AvgIpc) is 3.31. The molecule has 0 unspecified atom stereocenters. The van der Waals surface area contributed by atoms with E-state index in [1.807, 2.05) is 18.5 Å². The monoisotopic (exact) mass is 495 g/mol. The summed E-state index contributed by atoms with van der Waals surface area (Å²) in [6.07, 6.45) is 8.89. The van der Waals surface area contributed by atoms with Crippen molar-refractivity contribution in [3.05, 3.63) is 94.8 Å². The van der Waals surface area contributed by atoms with Crippen molar-refractivity contribution in [3.63, 3.8) is 0 Å². The third kappa shape index (κ3) is 4.80. The maximum absolute atomic E-state index is 12.5. The van der Waals surface area contributed by atoms with E-state index >= 15 is 0 Å². The van der Waals surface area contributed by atoms with Crippen LogP contribution in [0.25, 0.3) is 22.0 Å². The summed E-state index contributed by atoms with van der Waals surface area (Å²) in [5.74, 6) is 1.31. The van der Waals surface area contributed by atoms with E-state index < -0.39 is 0 Å². The number of ether oxygens (including phenoxy) is 1. The number of rotatable bonds is 8. The first kappa shape index (κ1) is 23.9. The van der Waals surface area contributed by atoms with Gasteiger partial charge in [0.2, 0.25) is 5.88 Å². The first-order valence-electron chi connectivity index (χ1n) is 13.4.